The number of imidazole rings is 4. The minimum atomic E-state index is -1.66. The monoisotopic (exact) mass is 956 g/mol. The summed E-state index contributed by atoms with van der Waals surface area (Å²) in [5.41, 5.74) is 13.8. The number of aromatic amines is 4. The standard InChI is InChI=1S/C42H56N18O9/c43-28(10-24-14-46-19-51-24)35(62)56-30(11-25-15-47-20-52-25)38(65)58-31(12-26-16-48-21-53-26)37(64)55-29(7-4-8-50-42(44)45)36(63)57-32(13-27-17-49-22-54-27)39(66)60-34(18-61)40(67)59-33(41(68)69)9-23-5-2-1-3-6-23/h1-3,5-6,14-17,19-22,28-34,61H,4,7-13,18,43H2,(H,46,51)(H,47,52)(H,48,53)(H,49,54)(H,55,64)(H,56,62)(H,57,63)(H,58,65)(H,59,67)(H,60,66)(H,68,69)(H4,44,45,50)/t28-,29-,30-,31-,32-,33-,34-/m0/s1. The van der Waals surface area contributed by atoms with Gasteiger partial charge >= 0.3 is 5.97 Å². The third-order valence-corrected chi connectivity index (χ3v) is 10.5. The Labute approximate surface area is 393 Å². The second-order valence-electron chi connectivity index (χ2n) is 15.7. The molecular formula is C42H56N18O9. The molecule has 0 aliphatic rings. The molecule has 368 valence electrons. The van der Waals surface area contributed by atoms with E-state index in [2.05, 4.69) is 77.1 Å². The number of nitrogens with one attached hydrogen (secondary N) is 12. The first kappa shape index (κ1) is 51.5. The van der Waals surface area contributed by atoms with E-state index < -0.39 is 90.3 Å². The molecule has 27 heteroatoms. The first-order valence-electron chi connectivity index (χ1n) is 21.6. The van der Waals surface area contributed by atoms with Crippen LogP contribution in [-0.4, -0.2) is 153 Å². The number of nitrogens with two attached hydrogens (primary N) is 2. The zero-order chi connectivity index (χ0) is 49.7. The number of carbonyl (C=O) groups excluding carboxylic acids is 6. The maximum absolute atomic E-state index is 14.3. The van der Waals surface area contributed by atoms with Crippen LogP contribution in [0.5, 0.6) is 0 Å². The van der Waals surface area contributed by atoms with Gasteiger partial charge in [-0.25, -0.2) is 24.7 Å². The minimum Gasteiger partial charge on any atom is -0.480 e. The first-order chi connectivity index (χ1) is 33.2. The smallest absolute Gasteiger partial charge is 0.326 e. The Morgan fingerprint density at radius 2 is 0.942 bits per heavy atom. The molecule has 0 aliphatic carbocycles. The Morgan fingerprint density at radius 3 is 1.36 bits per heavy atom. The van der Waals surface area contributed by atoms with Crippen molar-refractivity contribution in [2.45, 2.75) is 87.2 Å². The predicted octanol–water partition coefficient (Wildman–Crippen LogP) is -4.33. The van der Waals surface area contributed by atoms with Gasteiger partial charge in [0.1, 0.15) is 36.3 Å². The normalized spacial score (nSPS) is 14.1. The number of aliphatic carboxylic acids is 1. The van der Waals surface area contributed by atoms with E-state index >= 15 is 0 Å². The number of hydrogen-bond acceptors (Lipinski definition) is 14. The van der Waals surface area contributed by atoms with Gasteiger partial charge in [0, 0.05) is 63.4 Å². The molecular weight excluding hydrogens is 901 g/mol. The number of guanidine groups is 1. The number of aliphatic hydroxyl groups is 1. The maximum atomic E-state index is 14.3. The molecule has 1 aromatic carbocycles. The van der Waals surface area contributed by atoms with Crippen molar-refractivity contribution in [1.29, 1.82) is 5.41 Å². The number of hydrogen-bond donors (Lipinski definition) is 16. The van der Waals surface area contributed by atoms with E-state index in [0.29, 0.717) is 28.3 Å². The van der Waals surface area contributed by atoms with Crippen LogP contribution in [0, 0.1) is 5.41 Å². The summed E-state index contributed by atoms with van der Waals surface area (Å²) in [7, 11) is 0. The number of benzene rings is 1. The van der Waals surface area contributed by atoms with Gasteiger partial charge in [-0.05, 0) is 18.4 Å². The van der Waals surface area contributed by atoms with Gasteiger partial charge in [-0.15, -0.1) is 0 Å². The Balaban J connectivity index is 1.35. The summed E-state index contributed by atoms with van der Waals surface area (Å²) >= 11 is 0. The molecule has 0 spiro atoms. The summed E-state index contributed by atoms with van der Waals surface area (Å²) in [4.78, 5) is 123. The van der Waals surface area contributed by atoms with E-state index in [1.165, 1.54) is 43.9 Å². The van der Waals surface area contributed by atoms with Crippen LogP contribution in [-0.2, 0) is 65.7 Å². The number of rotatable bonds is 28. The molecule has 27 nitrogen and oxygen atoms in total. The van der Waals surface area contributed by atoms with Crippen molar-refractivity contribution in [2.24, 2.45) is 11.5 Å². The average Bonchev–Trinajstić information content (AvgIpc) is 4.19. The molecule has 0 aliphatic heterocycles. The van der Waals surface area contributed by atoms with Crippen LogP contribution in [0.25, 0.3) is 0 Å². The largest absolute Gasteiger partial charge is 0.480 e. The van der Waals surface area contributed by atoms with E-state index in [1.807, 2.05) is 0 Å². The van der Waals surface area contributed by atoms with Crippen LogP contribution in [0.3, 0.4) is 0 Å². The molecule has 6 amide bonds. The van der Waals surface area contributed by atoms with Crippen LogP contribution in [0.2, 0.25) is 0 Å². The van der Waals surface area contributed by atoms with Gasteiger partial charge < -0.3 is 78.8 Å². The zero-order valence-corrected chi connectivity index (χ0v) is 37.1. The number of nitrogens with zero attached hydrogens (tertiary/aromatic N) is 4. The van der Waals surface area contributed by atoms with Crippen molar-refractivity contribution in [3.63, 3.8) is 0 Å². The number of aliphatic hydroxyl groups excluding tert-OH is 1. The Bertz CT molecular complexity index is 2420. The van der Waals surface area contributed by atoms with E-state index in [1.54, 1.807) is 36.5 Å². The summed E-state index contributed by atoms with van der Waals surface area (Å²) in [5, 5.41) is 45.5. The molecule has 0 unspecified atom stereocenters. The summed E-state index contributed by atoms with van der Waals surface area (Å²) in [6.45, 7) is -0.862. The van der Waals surface area contributed by atoms with E-state index in [9.17, 15) is 43.8 Å². The van der Waals surface area contributed by atoms with Crippen LogP contribution >= 0.6 is 0 Å². The lowest BCUT2D eigenvalue weighted by Gasteiger charge is -2.27. The van der Waals surface area contributed by atoms with Crippen LogP contribution in [0.15, 0.2) is 80.4 Å². The molecule has 0 radical (unpaired) electrons. The van der Waals surface area contributed by atoms with E-state index in [4.69, 9.17) is 16.9 Å². The average molecular weight is 957 g/mol. The molecule has 5 rings (SSSR count). The topological polar surface area (TPSA) is 435 Å². The Kier molecular flexibility index (Phi) is 19.4. The molecule has 4 aromatic heterocycles. The second kappa shape index (κ2) is 26.0. The van der Waals surface area contributed by atoms with Crippen molar-refractivity contribution in [3.05, 3.63) is 109 Å². The third-order valence-electron chi connectivity index (χ3n) is 10.5. The molecule has 4 heterocycles. The van der Waals surface area contributed by atoms with Gasteiger partial charge in [-0.3, -0.25) is 34.2 Å². The quantitative estimate of drug-likeness (QED) is 0.0128. The molecule has 0 saturated carbocycles. The van der Waals surface area contributed by atoms with Gasteiger partial charge in [0.2, 0.25) is 35.4 Å². The van der Waals surface area contributed by atoms with Crippen molar-refractivity contribution >= 4 is 47.4 Å². The van der Waals surface area contributed by atoms with Crippen molar-refractivity contribution < 1.29 is 43.8 Å². The van der Waals surface area contributed by atoms with Gasteiger partial charge in [0.15, 0.2) is 5.96 Å². The number of aromatic nitrogens is 8. The van der Waals surface area contributed by atoms with Crippen LogP contribution in [0.4, 0.5) is 0 Å². The lowest BCUT2D eigenvalue weighted by atomic mass is 10.0. The SMILES string of the molecule is N=C(N)NCCC[C@H](NC(=O)[C@H](Cc1c[nH]cn1)NC(=O)[C@H](Cc1c[nH]cn1)NC(=O)[C@@H](N)Cc1c[nH]cn1)C(=O)N[C@@H](Cc1c[nH]cn1)C(=O)N[C@@H](CO)C(=O)N[C@@H](Cc1ccccc1)C(=O)O. The van der Waals surface area contributed by atoms with Crippen molar-refractivity contribution in [3.8, 4) is 0 Å². The number of H-pyrrole nitrogens is 4. The van der Waals surface area contributed by atoms with Crippen molar-refractivity contribution in [2.75, 3.05) is 13.2 Å². The maximum Gasteiger partial charge on any atom is 0.326 e. The fourth-order valence-electron chi connectivity index (χ4n) is 6.87. The van der Waals surface area contributed by atoms with Crippen LogP contribution in [0.1, 0.15) is 41.2 Å². The molecule has 18 N–H and O–H groups in total. The van der Waals surface area contributed by atoms with Gasteiger partial charge in [0.05, 0.1) is 60.7 Å². The highest BCUT2D eigenvalue weighted by Gasteiger charge is 2.34. The predicted molar refractivity (Wildman–Crippen MR) is 243 cm³/mol. The highest BCUT2D eigenvalue weighted by molar-refractivity contribution is 5.97. The minimum absolute atomic E-state index is 0.0472. The summed E-state index contributed by atoms with van der Waals surface area (Å²) in [6.07, 6.45) is 10.9. The zero-order valence-electron chi connectivity index (χ0n) is 37.1. The lowest BCUT2D eigenvalue weighted by molar-refractivity contribution is -0.142. The first-order valence-corrected chi connectivity index (χ1v) is 21.6. The van der Waals surface area contributed by atoms with Gasteiger partial charge in [-0.2, -0.15) is 0 Å². The van der Waals surface area contributed by atoms with E-state index in [0.717, 1.165) is 0 Å². The number of carboxylic acids is 1. The van der Waals surface area contributed by atoms with Crippen LogP contribution < -0.4 is 48.7 Å². The molecule has 0 bridgehead atoms. The molecule has 0 fully saturated rings. The van der Waals surface area contributed by atoms with Crippen molar-refractivity contribution in [1.82, 2.24) is 77.1 Å². The fraction of sp³-hybridized carbons (Fsp3) is 0.381. The summed E-state index contributed by atoms with van der Waals surface area (Å²) < 4.78 is 0. The Morgan fingerprint density at radius 1 is 0.551 bits per heavy atom. The molecule has 0 saturated heterocycles. The van der Waals surface area contributed by atoms with Gasteiger partial charge in [0.25, 0.3) is 0 Å². The number of carbonyl (C=O) groups is 7. The van der Waals surface area contributed by atoms with E-state index in [-0.39, 0.29) is 57.5 Å². The molecule has 69 heavy (non-hydrogen) atoms. The van der Waals surface area contributed by atoms with Gasteiger partial charge in [-0.1, -0.05) is 30.3 Å². The Hall–Kier alpha value is -8.46. The number of amides is 6. The highest BCUT2D eigenvalue weighted by Crippen LogP contribution is 2.09. The fourth-order valence-corrected chi connectivity index (χ4v) is 6.87. The molecule has 7 atom stereocenters. The number of carboxylic acid groups (broad SMARTS) is 1. The highest BCUT2D eigenvalue weighted by atomic mass is 16.4. The molecule has 5 aromatic rings. The third kappa shape index (κ3) is 16.7. The summed E-state index contributed by atoms with van der Waals surface area (Å²) in [6, 6.07) is -1.37. The second-order valence-corrected chi connectivity index (χ2v) is 15.7. The summed E-state index contributed by atoms with van der Waals surface area (Å²) in [5.74, 6) is -6.99. The lowest BCUT2D eigenvalue weighted by Crippen LogP contribution is -2.61.